The highest BCUT2D eigenvalue weighted by molar-refractivity contribution is 4.84. The Morgan fingerprint density at radius 2 is 1.62 bits per heavy atom. The van der Waals surface area contributed by atoms with E-state index in [1.165, 1.54) is 51.6 Å². The molecule has 2 aliphatic rings. The summed E-state index contributed by atoms with van der Waals surface area (Å²) < 4.78 is 0. The summed E-state index contributed by atoms with van der Waals surface area (Å²) in [5.41, 5.74) is 0. The highest BCUT2D eigenvalue weighted by atomic mass is 15.2. The molecule has 1 N–H and O–H groups in total. The van der Waals surface area contributed by atoms with Crippen molar-refractivity contribution in [1.82, 2.24) is 10.2 Å². The summed E-state index contributed by atoms with van der Waals surface area (Å²) in [7, 11) is 0. The monoisotopic (exact) mass is 224 g/mol. The molecule has 0 bridgehead atoms. The van der Waals surface area contributed by atoms with Gasteiger partial charge in [0.2, 0.25) is 0 Å². The van der Waals surface area contributed by atoms with Crippen molar-refractivity contribution in [2.75, 3.05) is 19.6 Å². The van der Waals surface area contributed by atoms with Gasteiger partial charge in [-0.1, -0.05) is 13.8 Å². The van der Waals surface area contributed by atoms with Gasteiger partial charge in [-0.15, -0.1) is 0 Å². The Balaban J connectivity index is 1.72. The molecular weight excluding hydrogens is 196 g/mol. The molecule has 2 nitrogen and oxygen atoms in total. The molecule has 0 aromatic rings. The summed E-state index contributed by atoms with van der Waals surface area (Å²) in [5, 5.41) is 3.59. The van der Waals surface area contributed by atoms with Crippen LogP contribution in [0.2, 0.25) is 0 Å². The lowest BCUT2D eigenvalue weighted by molar-refractivity contribution is 0.105. The molecule has 1 saturated carbocycles. The Hall–Kier alpha value is -0.0800. The van der Waals surface area contributed by atoms with Gasteiger partial charge in [-0.2, -0.15) is 0 Å². The number of piperidine rings is 1. The molecule has 0 aromatic heterocycles. The maximum absolute atomic E-state index is 3.59. The first-order valence-corrected chi connectivity index (χ1v) is 7.27. The van der Waals surface area contributed by atoms with E-state index in [-0.39, 0.29) is 0 Å². The number of likely N-dealkylation sites (tertiary alicyclic amines) is 1. The first-order chi connectivity index (χ1) is 7.79. The van der Waals surface area contributed by atoms with Crippen molar-refractivity contribution < 1.29 is 0 Å². The Kier molecular flexibility index (Phi) is 4.66. The fourth-order valence-electron chi connectivity index (χ4n) is 3.37. The molecule has 2 rings (SSSR count). The third-order valence-electron chi connectivity index (χ3n) is 4.52. The van der Waals surface area contributed by atoms with Crippen LogP contribution in [0.25, 0.3) is 0 Å². The van der Waals surface area contributed by atoms with Crippen LogP contribution in [0, 0.1) is 5.92 Å². The molecule has 2 heteroatoms. The summed E-state index contributed by atoms with van der Waals surface area (Å²) in [4.78, 5) is 2.76. The van der Waals surface area contributed by atoms with Gasteiger partial charge in [0.1, 0.15) is 0 Å². The zero-order chi connectivity index (χ0) is 11.4. The van der Waals surface area contributed by atoms with Gasteiger partial charge in [0.05, 0.1) is 0 Å². The predicted octanol–water partition coefficient (Wildman–Crippen LogP) is 2.64. The van der Waals surface area contributed by atoms with Crippen molar-refractivity contribution in [3.05, 3.63) is 0 Å². The largest absolute Gasteiger partial charge is 0.314 e. The second kappa shape index (κ2) is 6.02. The molecule has 1 aliphatic heterocycles. The molecule has 0 unspecified atom stereocenters. The summed E-state index contributed by atoms with van der Waals surface area (Å²) in [5.74, 6) is 0.982. The van der Waals surface area contributed by atoms with Crippen molar-refractivity contribution in [2.24, 2.45) is 5.92 Å². The minimum absolute atomic E-state index is 0.795. The van der Waals surface area contributed by atoms with Gasteiger partial charge in [-0.25, -0.2) is 0 Å². The Morgan fingerprint density at radius 3 is 2.19 bits per heavy atom. The molecule has 1 saturated heterocycles. The minimum Gasteiger partial charge on any atom is -0.314 e. The van der Waals surface area contributed by atoms with Crippen molar-refractivity contribution in [2.45, 2.75) is 64.5 Å². The van der Waals surface area contributed by atoms with Crippen LogP contribution in [-0.2, 0) is 0 Å². The third kappa shape index (κ3) is 3.21. The molecule has 0 radical (unpaired) electrons. The lowest BCUT2D eigenvalue weighted by atomic mass is 9.85. The molecule has 0 atom stereocenters. The van der Waals surface area contributed by atoms with Crippen molar-refractivity contribution in [1.29, 1.82) is 0 Å². The van der Waals surface area contributed by atoms with E-state index in [9.17, 15) is 0 Å². The minimum atomic E-state index is 0.795. The number of hydrogen-bond donors (Lipinski definition) is 1. The van der Waals surface area contributed by atoms with E-state index in [1.54, 1.807) is 0 Å². The summed E-state index contributed by atoms with van der Waals surface area (Å²) >= 11 is 0. The van der Waals surface area contributed by atoms with Crippen molar-refractivity contribution in [3.63, 3.8) is 0 Å². The molecule has 0 aromatic carbocycles. The van der Waals surface area contributed by atoms with Gasteiger partial charge >= 0.3 is 0 Å². The topological polar surface area (TPSA) is 15.3 Å². The predicted molar refractivity (Wildman–Crippen MR) is 69.7 cm³/mol. The summed E-state index contributed by atoms with van der Waals surface area (Å²) in [6.07, 6.45) is 8.54. The molecule has 94 valence electrons. The van der Waals surface area contributed by atoms with E-state index >= 15 is 0 Å². The van der Waals surface area contributed by atoms with Gasteiger partial charge in [0.15, 0.2) is 0 Å². The zero-order valence-electron chi connectivity index (χ0n) is 11.0. The van der Waals surface area contributed by atoms with E-state index in [2.05, 4.69) is 24.1 Å². The zero-order valence-corrected chi connectivity index (χ0v) is 11.0. The van der Waals surface area contributed by atoms with Crippen molar-refractivity contribution in [3.8, 4) is 0 Å². The molecular formula is C14H28N2. The van der Waals surface area contributed by atoms with E-state index < -0.39 is 0 Å². The molecule has 0 amide bonds. The van der Waals surface area contributed by atoms with Gasteiger partial charge in [0, 0.05) is 12.1 Å². The van der Waals surface area contributed by atoms with E-state index in [0.717, 1.165) is 24.5 Å². The number of nitrogens with one attached hydrogen (secondary N) is 1. The summed E-state index contributed by atoms with van der Waals surface area (Å²) in [6.45, 7) is 8.42. The number of nitrogens with zero attached hydrogens (tertiary/aromatic N) is 1. The van der Waals surface area contributed by atoms with Crippen LogP contribution in [0.5, 0.6) is 0 Å². The first kappa shape index (κ1) is 12.4. The standard InChI is InChI=1S/C14H28N2/c1-3-15-13-8-10-16(11-9-13)14-6-4-12(2)5-7-14/h12-15H,3-11H2,1-2H3. The Bertz CT molecular complexity index is 189. The van der Waals surface area contributed by atoms with Crippen LogP contribution < -0.4 is 5.32 Å². The third-order valence-corrected chi connectivity index (χ3v) is 4.52. The van der Waals surface area contributed by atoms with Gasteiger partial charge in [0.25, 0.3) is 0 Å². The quantitative estimate of drug-likeness (QED) is 0.793. The average molecular weight is 224 g/mol. The molecule has 1 aliphatic carbocycles. The molecule has 1 heterocycles. The van der Waals surface area contributed by atoms with Crippen molar-refractivity contribution >= 4 is 0 Å². The highest BCUT2D eigenvalue weighted by Crippen LogP contribution is 2.28. The van der Waals surface area contributed by atoms with E-state index in [1.807, 2.05) is 0 Å². The van der Waals surface area contributed by atoms with Crippen LogP contribution >= 0.6 is 0 Å². The van der Waals surface area contributed by atoms with Crippen LogP contribution in [0.3, 0.4) is 0 Å². The van der Waals surface area contributed by atoms with Crippen LogP contribution in [0.15, 0.2) is 0 Å². The second-order valence-corrected chi connectivity index (χ2v) is 5.78. The van der Waals surface area contributed by atoms with Gasteiger partial charge in [-0.3, -0.25) is 0 Å². The average Bonchev–Trinajstić information content (AvgIpc) is 2.32. The fraction of sp³-hybridized carbons (Fsp3) is 1.00. The summed E-state index contributed by atoms with van der Waals surface area (Å²) in [6, 6.07) is 1.71. The SMILES string of the molecule is CCNC1CCN(C2CCC(C)CC2)CC1. The number of rotatable bonds is 3. The van der Waals surface area contributed by atoms with E-state index in [0.29, 0.717) is 0 Å². The molecule has 0 spiro atoms. The Morgan fingerprint density at radius 1 is 1.00 bits per heavy atom. The molecule has 2 fully saturated rings. The fourth-order valence-corrected chi connectivity index (χ4v) is 3.37. The van der Waals surface area contributed by atoms with Gasteiger partial charge < -0.3 is 10.2 Å². The van der Waals surface area contributed by atoms with Crippen LogP contribution in [0.1, 0.15) is 52.4 Å². The lowest BCUT2D eigenvalue weighted by Gasteiger charge is -2.40. The van der Waals surface area contributed by atoms with Crippen LogP contribution in [0.4, 0.5) is 0 Å². The molecule has 16 heavy (non-hydrogen) atoms. The Labute approximate surface area is 101 Å². The smallest absolute Gasteiger partial charge is 0.00954 e. The normalized spacial score (nSPS) is 34.1. The maximum atomic E-state index is 3.59. The maximum Gasteiger partial charge on any atom is 0.00954 e. The van der Waals surface area contributed by atoms with Gasteiger partial charge in [-0.05, 0) is 64.1 Å². The second-order valence-electron chi connectivity index (χ2n) is 5.78. The highest BCUT2D eigenvalue weighted by Gasteiger charge is 2.27. The lowest BCUT2D eigenvalue weighted by Crippen LogP contribution is -2.47. The number of hydrogen-bond acceptors (Lipinski definition) is 2. The van der Waals surface area contributed by atoms with Crippen LogP contribution in [-0.4, -0.2) is 36.6 Å². The first-order valence-electron chi connectivity index (χ1n) is 7.27. The van der Waals surface area contributed by atoms with E-state index in [4.69, 9.17) is 0 Å².